The molecule has 1 aliphatic heterocycles. The van der Waals surface area contributed by atoms with Crippen LogP contribution < -0.4 is 5.32 Å². The number of rotatable bonds is 6. The fourth-order valence-electron chi connectivity index (χ4n) is 3.50. The van der Waals surface area contributed by atoms with Gasteiger partial charge in [0, 0.05) is 18.6 Å². The Labute approximate surface area is 138 Å². The minimum atomic E-state index is -0.114. The molecule has 3 nitrogen and oxygen atoms in total. The maximum atomic E-state index is 11.7. The second-order valence-corrected chi connectivity index (χ2v) is 7.58. The Morgan fingerprint density at radius 1 is 1.32 bits per heavy atom. The van der Waals surface area contributed by atoms with E-state index in [0.29, 0.717) is 5.75 Å². The molecular formula is C18H27NO2S. The average Bonchev–Trinajstić information content (AvgIpc) is 2.47. The average molecular weight is 321 g/mol. The smallest absolute Gasteiger partial charge is 0.229 e. The number of hydrogen-bond donors (Lipinski definition) is 1. The van der Waals surface area contributed by atoms with Crippen molar-refractivity contribution in [2.75, 3.05) is 25.2 Å². The van der Waals surface area contributed by atoms with E-state index in [0.717, 1.165) is 32.4 Å². The molecule has 1 amide bonds. The highest BCUT2D eigenvalue weighted by Gasteiger charge is 2.41. The van der Waals surface area contributed by atoms with E-state index in [2.05, 4.69) is 49.5 Å². The number of carbonyl (C=O) groups excluding carboxylic acids is 1. The lowest BCUT2D eigenvalue weighted by Crippen LogP contribution is -2.45. The Bertz CT molecular complexity index is 489. The zero-order valence-corrected chi connectivity index (χ0v) is 14.7. The quantitative estimate of drug-likeness (QED) is 0.873. The van der Waals surface area contributed by atoms with Crippen LogP contribution in [0.5, 0.6) is 0 Å². The van der Waals surface area contributed by atoms with Gasteiger partial charge in [-0.05, 0) is 44.9 Å². The van der Waals surface area contributed by atoms with E-state index in [4.69, 9.17) is 4.74 Å². The van der Waals surface area contributed by atoms with Gasteiger partial charge in [0.15, 0.2) is 0 Å². The molecule has 0 spiro atoms. The second-order valence-electron chi connectivity index (χ2n) is 6.71. The molecule has 122 valence electrons. The number of benzene rings is 1. The lowest BCUT2D eigenvalue weighted by atomic mass is 9.67. The summed E-state index contributed by atoms with van der Waals surface area (Å²) in [6.45, 7) is 5.83. The molecule has 1 aromatic rings. The zero-order chi connectivity index (χ0) is 16.1. The van der Waals surface area contributed by atoms with E-state index in [1.165, 1.54) is 5.56 Å². The molecule has 22 heavy (non-hydrogen) atoms. The largest absolute Gasteiger partial charge is 0.376 e. The van der Waals surface area contributed by atoms with Crippen LogP contribution in [0.25, 0.3) is 0 Å². The molecule has 0 bridgehead atoms. The summed E-state index contributed by atoms with van der Waals surface area (Å²) in [5.74, 6) is 0.662. The molecule has 4 heteroatoms. The van der Waals surface area contributed by atoms with Crippen LogP contribution >= 0.6 is 11.8 Å². The fraction of sp³-hybridized carbons (Fsp3) is 0.611. The lowest BCUT2D eigenvalue weighted by Gasteiger charge is -2.45. The van der Waals surface area contributed by atoms with Crippen LogP contribution in [0.15, 0.2) is 30.3 Å². The van der Waals surface area contributed by atoms with Crippen molar-refractivity contribution in [1.29, 1.82) is 0 Å². The topological polar surface area (TPSA) is 38.3 Å². The molecule has 1 atom stereocenters. The van der Waals surface area contributed by atoms with Crippen LogP contribution in [0.3, 0.4) is 0 Å². The summed E-state index contributed by atoms with van der Waals surface area (Å²) in [6, 6.07) is 10.7. The van der Waals surface area contributed by atoms with E-state index in [1.807, 2.05) is 6.26 Å². The molecular weight excluding hydrogens is 294 g/mol. The number of hydrogen-bond acceptors (Lipinski definition) is 3. The predicted molar refractivity (Wildman–Crippen MR) is 93.4 cm³/mol. The Morgan fingerprint density at radius 2 is 2.05 bits per heavy atom. The van der Waals surface area contributed by atoms with Gasteiger partial charge >= 0.3 is 0 Å². The van der Waals surface area contributed by atoms with Gasteiger partial charge in [0.05, 0.1) is 11.4 Å². The number of nitrogens with one attached hydrogen (secondary N) is 1. The van der Waals surface area contributed by atoms with Crippen molar-refractivity contribution in [3.63, 3.8) is 0 Å². The molecule has 1 aromatic carbocycles. The van der Waals surface area contributed by atoms with E-state index in [-0.39, 0.29) is 16.9 Å². The molecule has 1 fully saturated rings. The second kappa shape index (κ2) is 7.51. The van der Waals surface area contributed by atoms with Gasteiger partial charge in [-0.3, -0.25) is 4.79 Å². The van der Waals surface area contributed by atoms with Gasteiger partial charge in [0.1, 0.15) is 0 Å². The molecule has 1 aliphatic rings. The maximum Gasteiger partial charge on any atom is 0.229 e. The van der Waals surface area contributed by atoms with Crippen molar-refractivity contribution in [2.24, 2.45) is 0 Å². The summed E-state index contributed by atoms with van der Waals surface area (Å²) in [5.41, 5.74) is 1.35. The van der Waals surface area contributed by atoms with E-state index in [1.54, 1.807) is 11.8 Å². The molecule has 1 heterocycles. The summed E-state index contributed by atoms with van der Waals surface area (Å²) >= 11 is 1.56. The molecule has 1 N–H and O–H groups in total. The minimum absolute atomic E-state index is 0.0929. The Balaban J connectivity index is 2.11. The predicted octanol–water partition coefficient (Wildman–Crippen LogP) is 3.38. The van der Waals surface area contributed by atoms with Gasteiger partial charge < -0.3 is 10.1 Å². The number of ether oxygens (including phenoxy) is 1. The fourth-order valence-corrected chi connectivity index (χ4v) is 3.86. The third-order valence-corrected chi connectivity index (χ3v) is 4.98. The van der Waals surface area contributed by atoms with Gasteiger partial charge in [-0.15, -0.1) is 0 Å². The van der Waals surface area contributed by atoms with Crippen LogP contribution in [0.1, 0.15) is 38.7 Å². The molecule has 2 rings (SSSR count). The lowest BCUT2D eigenvalue weighted by molar-refractivity contribution is -0.118. The van der Waals surface area contributed by atoms with Crippen molar-refractivity contribution in [2.45, 2.75) is 44.1 Å². The van der Waals surface area contributed by atoms with E-state index < -0.39 is 0 Å². The molecule has 0 aliphatic carbocycles. The maximum absolute atomic E-state index is 11.7. The van der Waals surface area contributed by atoms with Gasteiger partial charge in [0.2, 0.25) is 5.91 Å². The summed E-state index contributed by atoms with van der Waals surface area (Å²) in [7, 11) is 0. The zero-order valence-electron chi connectivity index (χ0n) is 13.9. The van der Waals surface area contributed by atoms with Crippen molar-refractivity contribution in [3.05, 3.63) is 35.9 Å². The first kappa shape index (κ1) is 17.4. The Kier molecular flexibility index (Phi) is 5.93. The summed E-state index contributed by atoms with van der Waals surface area (Å²) in [6.07, 6.45) is 4.91. The van der Waals surface area contributed by atoms with Crippen LogP contribution in [-0.2, 0) is 14.9 Å². The molecule has 0 saturated carbocycles. The number of amides is 1. The van der Waals surface area contributed by atoms with Crippen molar-refractivity contribution >= 4 is 17.7 Å². The summed E-state index contributed by atoms with van der Waals surface area (Å²) in [5, 5.41) is 3.05. The van der Waals surface area contributed by atoms with Gasteiger partial charge in [-0.25, -0.2) is 0 Å². The molecule has 0 aromatic heterocycles. The highest BCUT2D eigenvalue weighted by Crippen LogP contribution is 2.43. The first-order chi connectivity index (χ1) is 10.5. The Morgan fingerprint density at radius 3 is 2.68 bits per heavy atom. The van der Waals surface area contributed by atoms with Crippen LogP contribution in [0, 0.1) is 0 Å². The van der Waals surface area contributed by atoms with Crippen molar-refractivity contribution in [3.8, 4) is 0 Å². The Hall–Kier alpha value is -1.00. The normalized spacial score (nSPS) is 24.0. The van der Waals surface area contributed by atoms with Crippen LogP contribution in [0.4, 0.5) is 0 Å². The number of thioether (sulfide) groups is 1. The number of carbonyl (C=O) groups is 1. The molecule has 0 unspecified atom stereocenters. The van der Waals surface area contributed by atoms with Crippen molar-refractivity contribution < 1.29 is 9.53 Å². The summed E-state index contributed by atoms with van der Waals surface area (Å²) in [4.78, 5) is 11.7. The van der Waals surface area contributed by atoms with Gasteiger partial charge in [-0.2, -0.15) is 11.8 Å². The first-order valence-corrected chi connectivity index (χ1v) is 9.32. The standard InChI is InChI=1S/C18H27NO2S/c1-17(2)14-18(10-12-21-17,15-7-5-4-6-8-15)9-11-19-16(20)13-22-3/h4-8H,9-14H2,1-3H3,(H,19,20)/t18-/m1/s1. The monoisotopic (exact) mass is 321 g/mol. The third-order valence-electron chi connectivity index (χ3n) is 4.42. The molecule has 1 saturated heterocycles. The SMILES string of the molecule is CSCC(=O)NCC[C@@]1(c2ccccc2)CCOC(C)(C)C1. The third kappa shape index (κ3) is 4.50. The van der Waals surface area contributed by atoms with Gasteiger partial charge in [0.25, 0.3) is 0 Å². The minimum Gasteiger partial charge on any atom is -0.376 e. The van der Waals surface area contributed by atoms with Crippen LogP contribution in [0.2, 0.25) is 0 Å². The van der Waals surface area contributed by atoms with Crippen LogP contribution in [-0.4, -0.2) is 36.7 Å². The first-order valence-electron chi connectivity index (χ1n) is 7.93. The van der Waals surface area contributed by atoms with E-state index >= 15 is 0 Å². The van der Waals surface area contributed by atoms with Crippen molar-refractivity contribution in [1.82, 2.24) is 5.32 Å². The van der Waals surface area contributed by atoms with Gasteiger partial charge in [-0.1, -0.05) is 30.3 Å². The summed E-state index contributed by atoms with van der Waals surface area (Å²) < 4.78 is 5.92. The highest BCUT2D eigenvalue weighted by atomic mass is 32.2. The highest BCUT2D eigenvalue weighted by molar-refractivity contribution is 7.99. The van der Waals surface area contributed by atoms with E-state index in [9.17, 15) is 4.79 Å². The molecule has 0 radical (unpaired) electrons.